The number of rotatable bonds is 3. The molecule has 0 aromatic heterocycles. The van der Waals surface area contributed by atoms with Crippen LogP contribution in [-0.2, 0) is 12.8 Å². The smallest absolute Gasteiger partial charge is 0.000173 e. The summed E-state index contributed by atoms with van der Waals surface area (Å²) in [6.45, 7) is 9.32. The summed E-state index contributed by atoms with van der Waals surface area (Å²) in [5.41, 5.74) is 13.2. The van der Waals surface area contributed by atoms with Crippen molar-refractivity contribution >= 4 is 16.3 Å². The van der Waals surface area contributed by atoms with Crippen LogP contribution in [0.15, 0.2) is 96.6 Å². The van der Waals surface area contributed by atoms with Gasteiger partial charge in [-0.25, -0.2) is 0 Å². The first-order chi connectivity index (χ1) is 16.4. The summed E-state index contributed by atoms with van der Waals surface area (Å²) in [5, 5.41) is 2.69. The maximum Gasteiger partial charge on any atom is 0.000173 e. The van der Waals surface area contributed by atoms with Gasteiger partial charge in [-0.2, -0.15) is 0 Å². The van der Waals surface area contributed by atoms with E-state index in [0.29, 0.717) is 5.92 Å². The maximum atomic E-state index is 2.47. The van der Waals surface area contributed by atoms with Crippen LogP contribution in [0, 0.1) is 11.3 Å². The molecule has 0 spiro atoms. The summed E-state index contributed by atoms with van der Waals surface area (Å²) >= 11 is 0. The SMILES string of the molecule is CC1C=C(C(C)(C)C)C=C1c1ccc2c(c1Cc1cccc3ccccc13)Cc1ccccc1-2. The molecule has 4 aromatic rings. The Kier molecular flexibility index (Phi) is 4.88. The molecule has 0 nitrogen and oxygen atoms in total. The van der Waals surface area contributed by atoms with E-state index in [-0.39, 0.29) is 5.41 Å². The Labute approximate surface area is 203 Å². The van der Waals surface area contributed by atoms with Gasteiger partial charge in [0.2, 0.25) is 0 Å². The van der Waals surface area contributed by atoms with Gasteiger partial charge in [0.05, 0.1) is 0 Å². The third-order valence-electron chi connectivity index (χ3n) is 7.76. The fourth-order valence-electron chi connectivity index (χ4n) is 5.88. The zero-order valence-corrected chi connectivity index (χ0v) is 20.7. The normalized spacial score (nSPS) is 16.9. The van der Waals surface area contributed by atoms with Crippen LogP contribution in [0.2, 0.25) is 0 Å². The van der Waals surface area contributed by atoms with Gasteiger partial charge in [0.25, 0.3) is 0 Å². The average molecular weight is 441 g/mol. The molecule has 0 heteroatoms. The Balaban J connectivity index is 1.54. The molecule has 0 saturated heterocycles. The van der Waals surface area contributed by atoms with E-state index in [1.165, 1.54) is 60.9 Å². The van der Waals surface area contributed by atoms with Crippen molar-refractivity contribution in [3.8, 4) is 11.1 Å². The number of hydrogen-bond acceptors (Lipinski definition) is 0. The first kappa shape index (κ1) is 21.2. The molecule has 1 unspecified atom stereocenters. The number of allylic oxidation sites excluding steroid dienone is 4. The van der Waals surface area contributed by atoms with E-state index >= 15 is 0 Å². The third-order valence-corrected chi connectivity index (χ3v) is 7.76. The van der Waals surface area contributed by atoms with E-state index in [2.05, 4.69) is 119 Å². The lowest BCUT2D eigenvalue weighted by Gasteiger charge is -2.20. The first-order valence-electron chi connectivity index (χ1n) is 12.5. The summed E-state index contributed by atoms with van der Waals surface area (Å²) in [6.07, 6.45) is 6.93. The Morgan fingerprint density at radius 2 is 1.50 bits per heavy atom. The molecule has 168 valence electrons. The Morgan fingerprint density at radius 3 is 2.32 bits per heavy atom. The maximum absolute atomic E-state index is 2.47. The van der Waals surface area contributed by atoms with Crippen molar-refractivity contribution in [3.63, 3.8) is 0 Å². The molecule has 34 heavy (non-hydrogen) atoms. The van der Waals surface area contributed by atoms with Crippen LogP contribution < -0.4 is 0 Å². The zero-order valence-electron chi connectivity index (χ0n) is 20.7. The highest BCUT2D eigenvalue weighted by Crippen LogP contribution is 2.45. The molecule has 0 amide bonds. The van der Waals surface area contributed by atoms with Crippen LogP contribution in [0.5, 0.6) is 0 Å². The number of benzene rings is 4. The molecule has 1 atom stereocenters. The monoisotopic (exact) mass is 440 g/mol. The summed E-state index contributed by atoms with van der Waals surface area (Å²) in [7, 11) is 0. The molecule has 2 aliphatic carbocycles. The van der Waals surface area contributed by atoms with Gasteiger partial charge in [-0.1, -0.05) is 119 Å². The van der Waals surface area contributed by atoms with Crippen LogP contribution in [-0.4, -0.2) is 0 Å². The molecule has 0 aliphatic heterocycles. The van der Waals surface area contributed by atoms with Gasteiger partial charge in [-0.3, -0.25) is 0 Å². The predicted molar refractivity (Wildman–Crippen MR) is 146 cm³/mol. The predicted octanol–water partition coefficient (Wildman–Crippen LogP) is 9.01. The summed E-state index contributed by atoms with van der Waals surface area (Å²) in [6, 6.07) is 29.3. The second-order valence-corrected chi connectivity index (χ2v) is 11.0. The number of fused-ring (bicyclic) bond motifs is 4. The van der Waals surface area contributed by atoms with E-state index < -0.39 is 0 Å². The highest BCUT2D eigenvalue weighted by Gasteiger charge is 2.28. The molecule has 0 heterocycles. The molecule has 0 fully saturated rings. The topological polar surface area (TPSA) is 0 Å². The van der Waals surface area contributed by atoms with Gasteiger partial charge in [-0.05, 0) is 79.1 Å². The fraction of sp³-hybridized carbons (Fsp3) is 0.235. The van der Waals surface area contributed by atoms with Crippen LogP contribution in [0.1, 0.15) is 55.5 Å². The number of hydrogen-bond donors (Lipinski definition) is 0. The summed E-state index contributed by atoms with van der Waals surface area (Å²) in [5.74, 6) is 0.433. The van der Waals surface area contributed by atoms with Gasteiger partial charge >= 0.3 is 0 Å². The highest BCUT2D eigenvalue weighted by atomic mass is 14.3. The van der Waals surface area contributed by atoms with E-state index in [1.54, 1.807) is 0 Å². The van der Waals surface area contributed by atoms with E-state index in [4.69, 9.17) is 0 Å². The van der Waals surface area contributed by atoms with E-state index in [0.717, 1.165) is 12.8 Å². The van der Waals surface area contributed by atoms with Crippen LogP contribution in [0.25, 0.3) is 27.5 Å². The van der Waals surface area contributed by atoms with Crippen LogP contribution >= 0.6 is 0 Å². The molecule has 2 aliphatic rings. The lowest BCUT2D eigenvalue weighted by atomic mass is 9.84. The van der Waals surface area contributed by atoms with Gasteiger partial charge in [0.1, 0.15) is 0 Å². The molecule has 6 rings (SSSR count). The average Bonchev–Trinajstić information content (AvgIpc) is 3.40. The molecule has 0 radical (unpaired) electrons. The van der Waals surface area contributed by atoms with Crippen molar-refractivity contribution in [2.45, 2.75) is 40.5 Å². The van der Waals surface area contributed by atoms with Gasteiger partial charge in [0, 0.05) is 5.92 Å². The molecule has 4 aromatic carbocycles. The van der Waals surface area contributed by atoms with E-state index in [1.807, 2.05) is 0 Å². The minimum absolute atomic E-state index is 0.165. The minimum atomic E-state index is 0.165. The van der Waals surface area contributed by atoms with Gasteiger partial charge in [0.15, 0.2) is 0 Å². The van der Waals surface area contributed by atoms with Gasteiger partial charge < -0.3 is 0 Å². The second kappa shape index (κ2) is 7.84. The van der Waals surface area contributed by atoms with Crippen molar-refractivity contribution < 1.29 is 0 Å². The Hall–Kier alpha value is -3.38. The minimum Gasteiger partial charge on any atom is -0.0735 e. The Morgan fingerprint density at radius 1 is 0.765 bits per heavy atom. The standard InChI is InChI=1S/C34H32/c1-22-18-26(34(2,3)4)21-31(22)30-17-16-29-28-15-8-6-11-25(28)20-32(29)33(30)19-24-13-9-12-23-10-5-7-14-27(23)24/h5-18,21-22H,19-20H2,1-4H3. The third kappa shape index (κ3) is 3.44. The molecule has 0 bridgehead atoms. The summed E-state index contributed by atoms with van der Waals surface area (Å²) in [4.78, 5) is 0. The van der Waals surface area contributed by atoms with Crippen molar-refractivity contribution in [1.82, 2.24) is 0 Å². The molecular weight excluding hydrogens is 408 g/mol. The molecular formula is C34H32. The van der Waals surface area contributed by atoms with Gasteiger partial charge in [-0.15, -0.1) is 0 Å². The first-order valence-corrected chi connectivity index (χ1v) is 12.5. The van der Waals surface area contributed by atoms with Crippen molar-refractivity contribution in [2.24, 2.45) is 11.3 Å². The highest BCUT2D eigenvalue weighted by molar-refractivity contribution is 5.88. The lowest BCUT2D eigenvalue weighted by molar-refractivity contribution is 0.516. The van der Waals surface area contributed by atoms with Crippen molar-refractivity contribution in [1.29, 1.82) is 0 Å². The Bertz CT molecular complexity index is 1480. The van der Waals surface area contributed by atoms with Crippen molar-refractivity contribution in [3.05, 3.63) is 124 Å². The quantitative estimate of drug-likeness (QED) is 0.262. The van der Waals surface area contributed by atoms with Crippen molar-refractivity contribution in [2.75, 3.05) is 0 Å². The summed E-state index contributed by atoms with van der Waals surface area (Å²) < 4.78 is 0. The largest absolute Gasteiger partial charge is 0.0735 e. The molecule has 0 N–H and O–H groups in total. The van der Waals surface area contributed by atoms with Crippen LogP contribution in [0.3, 0.4) is 0 Å². The second-order valence-electron chi connectivity index (χ2n) is 11.0. The zero-order chi connectivity index (χ0) is 23.4. The lowest BCUT2D eigenvalue weighted by Crippen LogP contribution is -2.06. The molecule has 0 saturated carbocycles. The fourth-order valence-corrected chi connectivity index (χ4v) is 5.88. The van der Waals surface area contributed by atoms with E-state index in [9.17, 15) is 0 Å². The van der Waals surface area contributed by atoms with Crippen LogP contribution in [0.4, 0.5) is 0 Å².